The first-order chi connectivity index (χ1) is 9.06. The van der Waals surface area contributed by atoms with E-state index in [0.717, 1.165) is 23.1 Å². The third-order valence-electron chi connectivity index (χ3n) is 3.33. The molecule has 5 nitrogen and oxygen atoms in total. The first-order valence-electron chi connectivity index (χ1n) is 6.93. The number of aliphatic imine (C=N–C) groups is 1. The van der Waals surface area contributed by atoms with Gasteiger partial charge in [0.15, 0.2) is 5.96 Å². The minimum absolute atomic E-state index is 0.426. The highest BCUT2D eigenvalue weighted by Crippen LogP contribution is 2.19. The van der Waals surface area contributed by atoms with Crippen LogP contribution in [0.3, 0.4) is 0 Å². The van der Waals surface area contributed by atoms with E-state index in [-0.39, 0.29) is 0 Å². The number of guanidine groups is 1. The van der Waals surface area contributed by atoms with E-state index in [4.69, 9.17) is 5.73 Å². The Morgan fingerprint density at radius 1 is 1.53 bits per heavy atom. The Morgan fingerprint density at radius 2 is 2.32 bits per heavy atom. The van der Waals surface area contributed by atoms with Gasteiger partial charge in [0.25, 0.3) is 0 Å². The smallest absolute Gasteiger partial charge is 0.191 e. The van der Waals surface area contributed by atoms with Gasteiger partial charge in [-0.2, -0.15) is 0 Å². The monoisotopic (exact) mass is 281 g/mol. The third kappa shape index (κ3) is 3.89. The van der Waals surface area contributed by atoms with Crippen molar-refractivity contribution in [2.75, 3.05) is 13.1 Å². The van der Waals surface area contributed by atoms with Gasteiger partial charge >= 0.3 is 0 Å². The second-order valence-electron chi connectivity index (χ2n) is 5.56. The van der Waals surface area contributed by atoms with Gasteiger partial charge in [0.2, 0.25) is 0 Å². The zero-order valence-electron chi connectivity index (χ0n) is 12.0. The molecule has 0 aromatic carbocycles. The summed E-state index contributed by atoms with van der Waals surface area (Å²) in [6.45, 7) is 9.09. The quantitative estimate of drug-likeness (QED) is 0.681. The predicted molar refractivity (Wildman–Crippen MR) is 79.3 cm³/mol. The summed E-state index contributed by atoms with van der Waals surface area (Å²) >= 11 is 1.63. The second kappa shape index (κ2) is 6.32. The number of nitrogens with two attached hydrogens (primary N) is 1. The second-order valence-corrected chi connectivity index (χ2v) is 6.65. The Morgan fingerprint density at radius 3 is 2.95 bits per heavy atom. The van der Waals surface area contributed by atoms with Crippen molar-refractivity contribution < 1.29 is 0 Å². The van der Waals surface area contributed by atoms with Gasteiger partial charge in [-0.25, -0.2) is 4.99 Å². The van der Waals surface area contributed by atoms with Crippen LogP contribution in [0.5, 0.6) is 0 Å². The average Bonchev–Trinajstić information content (AvgIpc) is 2.85. The molecule has 0 saturated carbocycles. The molecule has 106 valence electrons. The average molecular weight is 281 g/mol. The Labute approximate surface area is 118 Å². The summed E-state index contributed by atoms with van der Waals surface area (Å²) in [5.74, 6) is 1.78. The van der Waals surface area contributed by atoms with Crippen LogP contribution in [-0.2, 0) is 6.54 Å². The standard InChI is InChI=1S/C13H23N5S/c1-9(2)12-17-16-11(19-12)7-15-13(14)18-6-4-5-10(3)8-18/h9-10H,4-8H2,1-3H3,(H2,14,15)/t10-/m1/s1. The molecule has 0 unspecified atom stereocenters. The number of nitrogens with zero attached hydrogens (tertiary/aromatic N) is 4. The maximum Gasteiger partial charge on any atom is 0.191 e. The van der Waals surface area contributed by atoms with Crippen LogP contribution in [0.1, 0.15) is 49.5 Å². The number of likely N-dealkylation sites (tertiary alicyclic amines) is 1. The lowest BCUT2D eigenvalue weighted by Crippen LogP contribution is -2.43. The zero-order chi connectivity index (χ0) is 13.8. The maximum atomic E-state index is 6.06. The predicted octanol–water partition coefficient (Wildman–Crippen LogP) is 2.21. The number of aromatic nitrogens is 2. The van der Waals surface area contributed by atoms with Crippen molar-refractivity contribution in [1.29, 1.82) is 0 Å². The molecule has 1 aromatic rings. The lowest BCUT2D eigenvalue weighted by molar-refractivity contribution is 0.270. The molecule has 0 aliphatic carbocycles. The molecule has 2 heterocycles. The molecule has 0 amide bonds. The van der Waals surface area contributed by atoms with Gasteiger partial charge in [0, 0.05) is 19.0 Å². The molecule has 0 bridgehead atoms. The van der Waals surface area contributed by atoms with Gasteiger partial charge in [-0.05, 0) is 18.8 Å². The first-order valence-corrected chi connectivity index (χ1v) is 7.75. The van der Waals surface area contributed by atoms with E-state index in [1.54, 1.807) is 11.3 Å². The highest BCUT2D eigenvalue weighted by molar-refractivity contribution is 7.11. The lowest BCUT2D eigenvalue weighted by atomic mass is 10.0. The summed E-state index contributed by atoms with van der Waals surface area (Å²) < 4.78 is 0. The van der Waals surface area contributed by atoms with Crippen molar-refractivity contribution in [2.24, 2.45) is 16.6 Å². The molecule has 0 radical (unpaired) electrons. The van der Waals surface area contributed by atoms with Crippen LogP contribution in [0.15, 0.2) is 4.99 Å². The Kier molecular flexibility index (Phi) is 4.74. The maximum absolute atomic E-state index is 6.06. The molecular formula is C13H23N5S. The molecule has 1 saturated heterocycles. The fourth-order valence-corrected chi connectivity index (χ4v) is 2.98. The molecule has 1 aliphatic heterocycles. The number of hydrogen-bond acceptors (Lipinski definition) is 4. The molecule has 1 atom stereocenters. The van der Waals surface area contributed by atoms with Crippen molar-refractivity contribution in [3.8, 4) is 0 Å². The van der Waals surface area contributed by atoms with Crippen LogP contribution >= 0.6 is 11.3 Å². The first kappa shape index (κ1) is 14.2. The van der Waals surface area contributed by atoms with Crippen molar-refractivity contribution >= 4 is 17.3 Å². The SMILES string of the molecule is CC(C)c1nnc(CN=C(N)N2CCC[C@@H](C)C2)s1. The largest absolute Gasteiger partial charge is 0.370 e. The van der Waals surface area contributed by atoms with Gasteiger partial charge in [0.05, 0.1) is 6.54 Å². The van der Waals surface area contributed by atoms with Crippen LogP contribution < -0.4 is 5.73 Å². The van der Waals surface area contributed by atoms with E-state index in [9.17, 15) is 0 Å². The fourth-order valence-electron chi connectivity index (χ4n) is 2.21. The molecule has 2 rings (SSSR count). The Hall–Kier alpha value is -1.17. The third-order valence-corrected chi connectivity index (χ3v) is 4.54. The highest BCUT2D eigenvalue weighted by Gasteiger charge is 2.17. The fraction of sp³-hybridized carbons (Fsp3) is 0.769. The Bertz CT molecular complexity index is 440. The summed E-state index contributed by atoms with van der Waals surface area (Å²) in [4.78, 5) is 6.63. The van der Waals surface area contributed by atoms with Crippen molar-refractivity contribution in [2.45, 2.75) is 46.1 Å². The van der Waals surface area contributed by atoms with Gasteiger partial charge < -0.3 is 10.6 Å². The van der Waals surface area contributed by atoms with Gasteiger partial charge in [-0.1, -0.05) is 32.1 Å². The molecule has 1 aliphatic rings. The summed E-state index contributed by atoms with van der Waals surface area (Å²) in [5, 5.41) is 10.3. The van der Waals surface area contributed by atoms with E-state index < -0.39 is 0 Å². The van der Waals surface area contributed by atoms with E-state index >= 15 is 0 Å². The van der Waals surface area contributed by atoms with E-state index in [2.05, 4.69) is 40.9 Å². The molecular weight excluding hydrogens is 258 g/mol. The molecule has 19 heavy (non-hydrogen) atoms. The van der Waals surface area contributed by atoms with Crippen LogP contribution in [0.2, 0.25) is 0 Å². The normalized spacial score (nSPS) is 21.2. The molecule has 2 N–H and O–H groups in total. The molecule has 6 heteroatoms. The van der Waals surface area contributed by atoms with E-state index in [0.29, 0.717) is 24.3 Å². The van der Waals surface area contributed by atoms with Crippen LogP contribution in [0.25, 0.3) is 0 Å². The topological polar surface area (TPSA) is 67.4 Å². The minimum atomic E-state index is 0.426. The summed E-state index contributed by atoms with van der Waals surface area (Å²) in [7, 11) is 0. The summed E-state index contributed by atoms with van der Waals surface area (Å²) in [6, 6.07) is 0. The number of piperidine rings is 1. The van der Waals surface area contributed by atoms with Crippen LogP contribution in [0.4, 0.5) is 0 Å². The molecule has 1 fully saturated rings. The van der Waals surface area contributed by atoms with Crippen molar-refractivity contribution in [1.82, 2.24) is 15.1 Å². The van der Waals surface area contributed by atoms with E-state index in [1.807, 2.05) is 0 Å². The van der Waals surface area contributed by atoms with Crippen LogP contribution in [-0.4, -0.2) is 34.1 Å². The van der Waals surface area contributed by atoms with Gasteiger partial charge in [-0.15, -0.1) is 10.2 Å². The minimum Gasteiger partial charge on any atom is -0.370 e. The highest BCUT2D eigenvalue weighted by atomic mass is 32.1. The zero-order valence-corrected chi connectivity index (χ0v) is 12.8. The summed E-state index contributed by atoms with van der Waals surface area (Å²) in [6.07, 6.45) is 2.49. The van der Waals surface area contributed by atoms with Crippen molar-refractivity contribution in [3.63, 3.8) is 0 Å². The molecule has 1 aromatic heterocycles. The van der Waals surface area contributed by atoms with E-state index in [1.165, 1.54) is 12.8 Å². The van der Waals surface area contributed by atoms with Gasteiger partial charge in [0.1, 0.15) is 10.0 Å². The number of hydrogen-bond donors (Lipinski definition) is 1. The lowest BCUT2D eigenvalue weighted by Gasteiger charge is -2.31. The van der Waals surface area contributed by atoms with Crippen molar-refractivity contribution in [3.05, 3.63) is 10.0 Å². The number of rotatable bonds is 3. The summed E-state index contributed by atoms with van der Waals surface area (Å²) in [5.41, 5.74) is 6.06. The van der Waals surface area contributed by atoms with Crippen LogP contribution in [0, 0.1) is 5.92 Å². The molecule has 0 spiro atoms. The Balaban J connectivity index is 1.93. The van der Waals surface area contributed by atoms with Gasteiger partial charge in [-0.3, -0.25) is 0 Å².